The van der Waals surface area contributed by atoms with E-state index in [0.29, 0.717) is 0 Å². The minimum Gasteiger partial charge on any atom is -0.344 e. The van der Waals surface area contributed by atoms with Gasteiger partial charge in [-0.05, 0) is 28.3 Å². The van der Waals surface area contributed by atoms with Crippen molar-refractivity contribution in [3.05, 3.63) is 53.6 Å². The van der Waals surface area contributed by atoms with Gasteiger partial charge in [0.25, 0.3) is 0 Å². The molecule has 1 aliphatic carbocycles. The molecular weight excluding hydrogens is 260 g/mol. The summed E-state index contributed by atoms with van der Waals surface area (Å²) in [7, 11) is 0. The number of rotatable bonds is 0. The average Bonchev–Trinajstić information content (AvgIpc) is 2.51. The van der Waals surface area contributed by atoms with E-state index in [2.05, 4.69) is 59.2 Å². The quantitative estimate of drug-likeness (QED) is 0.599. The molecule has 0 aromatic heterocycles. The lowest BCUT2D eigenvalue weighted by Crippen LogP contribution is -2.39. The second kappa shape index (κ2) is 8.54. The van der Waals surface area contributed by atoms with Crippen molar-refractivity contribution in [1.29, 1.82) is 0 Å². The summed E-state index contributed by atoms with van der Waals surface area (Å²) in [6.07, 6.45) is 5.53. The number of piperazine rings is 1. The van der Waals surface area contributed by atoms with E-state index in [9.17, 15) is 0 Å². The Labute approximate surface area is 126 Å². The molecule has 21 heavy (non-hydrogen) atoms. The zero-order chi connectivity index (χ0) is 12.9. The van der Waals surface area contributed by atoms with Crippen LogP contribution >= 0.6 is 0 Å². The zero-order valence-corrected chi connectivity index (χ0v) is 12.6. The second-order valence-corrected chi connectivity index (χ2v) is 4.97. The molecule has 2 aromatic carbocycles. The van der Waals surface area contributed by atoms with Gasteiger partial charge >= 0.3 is 0 Å². The zero-order valence-electron chi connectivity index (χ0n) is 12.6. The molecule has 1 aliphatic heterocycles. The second-order valence-electron chi connectivity index (χ2n) is 4.97. The number of allylic oxidation sites excluding steroid dienone is 1. The highest BCUT2D eigenvalue weighted by molar-refractivity contribution is 5.94. The van der Waals surface area contributed by atoms with Gasteiger partial charge in [-0.1, -0.05) is 48.6 Å². The van der Waals surface area contributed by atoms with Crippen molar-refractivity contribution in [2.75, 3.05) is 26.2 Å². The monoisotopic (exact) mass is 286 g/mol. The third-order valence-corrected chi connectivity index (χ3v) is 3.62. The summed E-state index contributed by atoms with van der Waals surface area (Å²) in [5.74, 6) is 0. The van der Waals surface area contributed by atoms with Gasteiger partial charge in [-0.2, -0.15) is 0 Å². The molecule has 2 aromatic rings. The number of benzene rings is 2. The van der Waals surface area contributed by atoms with Gasteiger partial charge < -0.3 is 22.9 Å². The molecule has 4 heteroatoms. The molecule has 8 N–H and O–H groups in total. The molecule has 0 atom stereocenters. The molecule has 4 nitrogen and oxygen atoms in total. The van der Waals surface area contributed by atoms with Crippen LogP contribution < -0.4 is 22.9 Å². The Bertz CT molecular complexity index is 572. The molecule has 1 fully saturated rings. The van der Waals surface area contributed by atoms with Gasteiger partial charge in [0.15, 0.2) is 0 Å². The molecule has 0 radical (unpaired) electrons. The molecular formula is C17H26N4. The first-order valence-corrected chi connectivity index (χ1v) is 7.04. The predicted octanol–water partition coefficient (Wildman–Crippen LogP) is 2.91. The lowest BCUT2D eigenvalue weighted by Gasteiger charge is -2.11. The van der Waals surface area contributed by atoms with Crippen LogP contribution in [0.25, 0.3) is 16.8 Å². The van der Waals surface area contributed by atoms with Crippen molar-refractivity contribution in [1.82, 2.24) is 22.9 Å². The van der Waals surface area contributed by atoms with Crippen LogP contribution in [0.15, 0.2) is 42.5 Å². The van der Waals surface area contributed by atoms with Crippen LogP contribution in [0.5, 0.6) is 0 Å². The van der Waals surface area contributed by atoms with Crippen LogP contribution in [0.2, 0.25) is 0 Å². The summed E-state index contributed by atoms with van der Waals surface area (Å²) in [6.45, 7) is 4.56. The third kappa shape index (κ3) is 4.12. The molecule has 0 spiro atoms. The lowest BCUT2D eigenvalue weighted by molar-refractivity contribution is 0.534. The van der Waals surface area contributed by atoms with E-state index < -0.39 is 0 Å². The molecule has 114 valence electrons. The van der Waals surface area contributed by atoms with Crippen LogP contribution in [0.4, 0.5) is 0 Å². The summed E-state index contributed by atoms with van der Waals surface area (Å²) in [5, 5.41) is 9.24. The topological polar surface area (TPSA) is 94.1 Å². The number of nitrogens with one attached hydrogen (secondary N) is 2. The summed E-state index contributed by atoms with van der Waals surface area (Å²) in [6, 6.07) is 13.0. The smallest absolute Gasteiger partial charge is 0.00772 e. The van der Waals surface area contributed by atoms with E-state index >= 15 is 0 Å². The van der Waals surface area contributed by atoms with Crippen LogP contribution in [-0.2, 0) is 6.42 Å². The molecule has 0 amide bonds. The van der Waals surface area contributed by atoms with Crippen molar-refractivity contribution in [2.24, 2.45) is 0 Å². The highest BCUT2D eigenvalue weighted by Crippen LogP contribution is 2.27. The van der Waals surface area contributed by atoms with Crippen molar-refractivity contribution in [3.63, 3.8) is 0 Å². The first-order chi connectivity index (χ1) is 9.45. The fourth-order valence-corrected chi connectivity index (χ4v) is 2.68. The Morgan fingerprint density at radius 1 is 0.762 bits per heavy atom. The van der Waals surface area contributed by atoms with Crippen LogP contribution in [0.1, 0.15) is 11.1 Å². The van der Waals surface area contributed by atoms with E-state index in [-0.39, 0.29) is 12.3 Å². The van der Waals surface area contributed by atoms with Gasteiger partial charge in [-0.25, -0.2) is 0 Å². The predicted molar refractivity (Wildman–Crippen MR) is 92.5 cm³/mol. The SMILES string of the molecule is C1=Cc2cccc3cccc(c23)C1.C1CNCCN1.N.N. The largest absolute Gasteiger partial charge is 0.344 e. The Balaban J connectivity index is 0.000000239. The van der Waals surface area contributed by atoms with Crippen LogP contribution in [0, 0.1) is 0 Å². The maximum Gasteiger partial charge on any atom is 0.00772 e. The van der Waals surface area contributed by atoms with Gasteiger partial charge in [0, 0.05) is 26.2 Å². The van der Waals surface area contributed by atoms with Crippen molar-refractivity contribution in [2.45, 2.75) is 6.42 Å². The Kier molecular flexibility index (Phi) is 7.05. The van der Waals surface area contributed by atoms with Crippen molar-refractivity contribution in [3.8, 4) is 0 Å². The molecule has 0 unspecified atom stereocenters. The number of hydrogen-bond donors (Lipinski definition) is 4. The summed E-state index contributed by atoms with van der Waals surface area (Å²) in [4.78, 5) is 0. The first-order valence-electron chi connectivity index (χ1n) is 7.04. The normalized spacial score (nSPS) is 15.2. The molecule has 0 saturated carbocycles. The minimum absolute atomic E-state index is 0. The van der Waals surface area contributed by atoms with E-state index in [1.54, 1.807) is 0 Å². The fraction of sp³-hybridized carbons (Fsp3) is 0.294. The fourth-order valence-electron chi connectivity index (χ4n) is 2.68. The van der Waals surface area contributed by atoms with Gasteiger partial charge in [-0.15, -0.1) is 0 Å². The Morgan fingerprint density at radius 2 is 1.38 bits per heavy atom. The van der Waals surface area contributed by atoms with Crippen LogP contribution in [-0.4, -0.2) is 26.2 Å². The standard InChI is InChI=1S/C13H10.C4H10N2.2H3N/c1-4-10-6-2-8-12-9-3-7-11(5-1)13(10)12;1-2-6-4-3-5-1;;/h1-8H,9H2;5-6H,1-4H2;2*1H3. The Hall–Kier alpha value is -1.72. The van der Waals surface area contributed by atoms with Gasteiger partial charge in [0.2, 0.25) is 0 Å². The molecule has 0 bridgehead atoms. The van der Waals surface area contributed by atoms with Crippen molar-refractivity contribution >= 4 is 16.8 Å². The van der Waals surface area contributed by atoms with Gasteiger partial charge in [0.1, 0.15) is 0 Å². The van der Waals surface area contributed by atoms with E-state index in [1.807, 2.05) is 0 Å². The third-order valence-electron chi connectivity index (χ3n) is 3.62. The maximum absolute atomic E-state index is 3.22. The highest BCUT2D eigenvalue weighted by atomic mass is 15.0. The maximum atomic E-state index is 3.22. The first kappa shape index (κ1) is 17.3. The van der Waals surface area contributed by atoms with E-state index in [0.717, 1.165) is 32.6 Å². The highest BCUT2D eigenvalue weighted by Gasteiger charge is 2.06. The van der Waals surface area contributed by atoms with Crippen LogP contribution in [0.3, 0.4) is 0 Å². The van der Waals surface area contributed by atoms with E-state index in [4.69, 9.17) is 0 Å². The number of hydrogen-bond acceptors (Lipinski definition) is 4. The summed E-state index contributed by atoms with van der Waals surface area (Å²) < 4.78 is 0. The van der Waals surface area contributed by atoms with Gasteiger partial charge in [0.05, 0.1) is 0 Å². The van der Waals surface area contributed by atoms with E-state index in [1.165, 1.54) is 21.9 Å². The molecule has 1 heterocycles. The minimum atomic E-state index is 0. The Morgan fingerprint density at radius 3 is 2.00 bits per heavy atom. The average molecular weight is 286 g/mol. The molecule has 2 aliphatic rings. The van der Waals surface area contributed by atoms with Crippen molar-refractivity contribution < 1.29 is 0 Å². The lowest BCUT2D eigenvalue weighted by atomic mass is 9.93. The summed E-state index contributed by atoms with van der Waals surface area (Å²) >= 11 is 0. The summed E-state index contributed by atoms with van der Waals surface area (Å²) in [5.41, 5.74) is 2.81. The molecule has 4 rings (SSSR count). The van der Waals surface area contributed by atoms with Gasteiger partial charge in [-0.3, -0.25) is 0 Å². The molecule has 1 saturated heterocycles.